The molecule has 0 N–H and O–H groups in total. The lowest BCUT2D eigenvalue weighted by Gasteiger charge is -2.31. The first kappa shape index (κ1) is 19.5. The third-order valence-corrected chi connectivity index (χ3v) is 9.80. The lowest BCUT2D eigenvalue weighted by Crippen LogP contribution is -2.54. The summed E-state index contributed by atoms with van der Waals surface area (Å²) in [6.07, 6.45) is 0. The van der Waals surface area contributed by atoms with Crippen LogP contribution in [-0.4, -0.2) is 44.3 Å². The minimum absolute atomic E-state index is 0.663. The Hall–Kier alpha value is -0.506. The molecule has 126 valence electrons. The van der Waals surface area contributed by atoms with Gasteiger partial charge in [-0.1, -0.05) is 30.3 Å². The van der Waals surface area contributed by atoms with Gasteiger partial charge < -0.3 is 17.7 Å². The molecule has 0 aliphatic carbocycles. The molecule has 0 unspecified atom stereocenters. The van der Waals surface area contributed by atoms with Crippen molar-refractivity contribution in [2.24, 2.45) is 0 Å². The summed E-state index contributed by atoms with van der Waals surface area (Å²) in [7, 11) is -4.05. The van der Waals surface area contributed by atoms with Gasteiger partial charge in [-0.25, -0.2) is 0 Å². The largest absolute Gasteiger partial charge is 0.397 e. The summed E-state index contributed by atoms with van der Waals surface area (Å²) in [6.45, 7) is 10.8. The Morgan fingerprint density at radius 2 is 1.36 bits per heavy atom. The summed E-state index contributed by atoms with van der Waals surface area (Å²) < 4.78 is 24.0. The van der Waals surface area contributed by atoms with Crippen LogP contribution in [0.3, 0.4) is 0 Å². The van der Waals surface area contributed by atoms with Crippen molar-refractivity contribution in [1.82, 2.24) is 0 Å². The highest BCUT2D eigenvalue weighted by Crippen LogP contribution is 2.19. The molecule has 0 aromatic heterocycles. The summed E-state index contributed by atoms with van der Waals surface area (Å²) in [5.74, 6) is 0. The van der Waals surface area contributed by atoms with Crippen molar-refractivity contribution < 1.29 is 17.7 Å². The lowest BCUT2D eigenvalue weighted by molar-refractivity contribution is 0.191. The molecule has 0 aliphatic rings. The highest BCUT2D eigenvalue weighted by atomic mass is 28.4. The Bertz CT molecular complexity index is 377. The average Bonchev–Trinajstić information content (AvgIpc) is 2.54. The van der Waals surface area contributed by atoms with Gasteiger partial charge in [-0.15, -0.1) is 0 Å². The van der Waals surface area contributed by atoms with E-state index in [-0.39, 0.29) is 0 Å². The zero-order valence-electron chi connectivity index (χ0n) is 14.3. The molecular weight excluding hydrogens is 312 g/mol. The van der Waals surface area contributed by atoms with Crippen LogP contribution in [0, 0.1) is 0 Å². The predicted molar refractivity (Wildman–Crippen MR) is 95.1 cm³/mol. The van der Waals surface area contributed by atoms with Gasteiger partial charge in [0.15, 0.2) is 0 Å². The number of rotatable bonds is 12. The summed E-state index contributed by atoms with van der Waals surface area (Å²) in [4.78, 5) is 0. The van der Waals surface area contributed by atoms with E-state index in [9.17, 15) is 0 Å². The highest BCUT2D eigenvalue weighted by molar-refractivity contribution is 6.81. The van der Waals surface area contributed by atoms with Gasteiger partial charge >= 0.3 is 17.8 Å². The maximum Gasteiger partial charge on any atom is 0.372 e. The number of hydrogen-bond donors (Lipinski definition) is 0. The van der Waals surface area contributed by atoms with Crippen molar-refractivity contribution in [1.29, 1.82) is 0 Å². The van der Waals surface area contributed by atoms with Crippen molar-refractivity contribution in [2.45, 2.75) is 39.8 Å². The van der Waals surface area contributed by atoms with Crippen LogP contribution in [0.4, 0.5) is 0 Å². The zero-order chi connectivity index (χ0) is 16.3. The lowest BCUT2D eigenvalue weighted by atomic mass is 10.4. The molecule has 4 nitrogen and oxygen atoms in total. The maximum atomic E-state index is 6.19. The van der Waals surface area contributed by atoms with Crippen LogP contribution in [-0.2, 0) is 17.7 Å². The summed E-state index contributed by atoms with van der Waals surface area (Å²) in [5, 5.41) is 1.19. The van der Waals surface area contributed by atoms with Crippen LogP contribution < -0.4 is 5.19 Å². The first-order valence-electron chi connectivity index (χ1n) is 8.29. The van der Waals surface area contributed by atoms with Crippen LogP contribution in [0.2, 0.25) is 12.1 Å². The maximum absolute atomic E-state index is 6.19. The van der Waals surface area contributed by atoms with Gasteiger partial charge in [-0.2, -0.15) is 0 Å². The number of benzene rings is 1. The van der Waals surface area contributed by atoms with Gasteiger partial charge in [0.05, 0.1) is 0 Å². The molecule has 6 heteroatoms. The smallest absolute Gasteiger partial charge is 0.372 e. The van der Waals surface area contributed by atoms with E-state index in [1.54, 1.807) is 0 Å². The molecule has 0 saturated carbocycles. The molecule has 0 bridgehead atoms. The fraction of sp³-hybridized carbons (Fsp3) is 0.625. The molecule has 0 atom stereocenters. The molecule has 1 aromatic carbocycles. The van der Waals surface area contributed by atoms with Crippen molar-refractivity contribution in [3.05, 3.63) is 30.3 Å². The highest BCUT2D eigenvalue weighted by Gasteiger charge is 2.40. The SMILES string of the molecule is CCO[SiH](CC[Si](OCC)(OCC)c1ccccc1)OCC. The molecule has 0 saturated heterocycles. The second-order valence-electron chi connectivity index (χ2n) is 4.86. The van der Waals surface area contributed by atoms with E-state index in [1.807, 2.05) is 33.8 Å². The molecule has 1 aromatic rings. The van der Waals surface area contributed by atoms with E-state index in [0.717, 1.165) is 12.1 Å². The molecule has 0 radical (unpaired) electrons. The van der Waals surface area contributed by atoms with Crippen LogP contribution in [0.1, 0.15) is 27.7 Å². The fourth-order valence-corrected chi connectivity index (χ4v) is 8.81. The Morgan fingerprint density at radius 3 is 1.82 bits per heavy atom. The van der Waals surface area contributed by atoms with Crippen LogP contribution >= 0.6 is 0 Å². The van der Waals surface area contributed by atoms with Gasteiger partial charge in [0.25, 0.3) is 0 Å². The Balaban J connectivity index is 2.89. The molecule has 1 rings (SSSR count). The summed E-state index contributed by atoms with van der Waals surface area (Å²) in [6, 6.07) is 12.2. The van der Waals surface area contributed by atoms with E-state index < -0.39 is 17.8 Å². The second-order valence-corrected chi connectivity index (χ2v) is 10.1. The van der Waals surface area contributed by atoms with Gasteiger partial charge in [0.2, 0.25) is 0 Å². The quantitative estimate of drug-likeness (QED) is 0.547. The van der Waals surface area contributed by atoms with Crippen molar-refractivity contribution in [3.8, 4) is 0 Å². The fourth-order valence-electron chi connectivity index (χ4n) is 2.55. The Kier molecular flexibility index (Phi) is 9.85. The van der Waals surface area contributed by atoms with Crippen LogP contribution in [0.15, 0.2) is 30.3 Å². The van der Waals surface area contributed by atoms with Crippen molar-refractivity contribution in [2.75, 3.05) is 26.4 Å². The average molecular weight is 343 g/mol. The molecule has 0 amide bonds. The van der Waals surface area contributed by atoms with Crippen LogP contribution in [0.25, 0.3) is 0 Å². The van der Waals surface area contributed by atoms with E-state index >= 15 is 0 Å². The van der Waals surface area contributed by atoms with Crippen molar-refractivity contribution >= 4 is 23.0 Å². The standard InChI is InChI=1S/C16H30O4Si2/c1-5-17-21(18-6-2)14-15-22(19-7-3,20-8-4)16-12-10-9-11-13-16/h9-13,21H,5-8,14-15H2,1-4H3. The molecule has 0 fully saturated rings. The third-order valence-electron chi connectivity index (χ3n) is 3.38. The van der Waals surface area contributed by atoms with Gasteiger partial charge in [0.1, 0.15) is 0 Å². The zero-order valence-corrected chi connectivity index (χ0v) is 16.5. The minimum Gasteiger partial charge on any atom is -0.397 e. The Labute approximate surface area is 137 Å². The second kappa shape index (κ2) is 11.1. The van der Waals surface area contributed by atoms with E-state index in [0.29, 0.717) is 26.4 Å². The minimum atomic E-state index is -2.42. The molecule has 0 spiro atoms. The molecular formula is C16H30O4Si2. The first-order chi connectivity index (χ1) is 10.7. The Morgan fingerprint density at radius 1 is 0.818 bits per heavy atom. The molecule has 0 aliphatic heterocycles. The topological polar surface area (TPSA) is 36.9 Å². The van der Waals surface area contributed by atoms with Gasteiger partial charge in [0, 0.05) is 26.4 Å². The van der Waals surface area contributed by atoms with E-state index in [2.05, 4.69) is 24.3 Å². The van der Waals surface area contributed by atoms with Crippen molar-refractivity contribution in [3.63, 3.8) is 0 Å². The molecule has 22 heavy (non-hydrogen) atoms. The molecule has 0 heterocycles. The van der Waals surface area contributed by atoms with E-state index in [1.165, 1.54) is 5.19 Å². The summed E-state index contributed by atoms with van der Waals surface area (Å²) in [5.41, 5.74) is 0. The van der Waals surface area contributed by atoms with Gasteiger partial charge in [-0.3, -0.25) is 0 Å². The monoisotopic (exact) mass is 342 g/mol. The predicted octanol–water partition coefficient (Wildman–Crippen LogP) is 2.70. The van der Waals surface area contributed by atoms with E-state index in [4.69, 9.17) is 17.7 Å². The normalized spacial score (nSPS) is 12.0. The van der Waals surface area contributed by atoms with Gasteiger partial charge in [-0.05, 0) is 45.0 Å². The first-order valence-corrected chi connectivity index (χ1v) is 12.1. The summed E-state index contributed by atoms with van der Waals surface area (Å²) >= 11 is 0. The number of hydrogen-bond acceptors (Lipinski definition) is 4. The third kappa shape index (κ3) is 5.94. The van der Waals surface area contributed by atoms with Crippen LogP contribution in [0.5, 0.6) is 0 Å².